The van der Waals surface area contributed by atoms with Crippen LogP contribution in [0.15, 0.2) is 18.2 Å². The summed E-state index contributed by atoms with van der Waals surface area (Å²) in [5.41, 5.74) is 1.30. The fraction of sp³-hybridized carbons (Fsp3) is 0.278. The third kappa shape index (κ3) is 4.10. The van der Waals surface area contributed by atoms with Gasteiger partial charge in [0.2, 0.25) is 0 Å². The molecule has 1 amide bonds. The second kappa shape index (κ2) is 8.29. The van der Waals surface area contributed by atoms with E-state index in [1.807, 2.05) is 0 Å². The molecule has 1 aromatic carbocycles. The summed E-state index contributed by atoms with van der Waals surface area (Å²) in [5, 5.41) is 3.30. The summed E-state index contributed by atoms with van der Waals surface area (Å²) in [7, 11) is 1.29. The smallest absolute Gasteiger partial charge is 0.341 e. The Morgan fingerprint density at radius 3 is 2.48 bits per heavy atom. The number of fused-ring (bicyclic) bond motifs is 1. The van der Waals surface area contributed by atoms with Crippen molar-refractivity contribution in [2.75, 3.05) is 19.0 Å². The van der Waals surface area contributed by atoms with Crippen LogP contribution < -0.4 is 5.32 Å². The Labute approximate surface area is 169 Å². The predicted octanol–water partition coefficient (Wildman–Crippen LogP) is 4.13. The first-order valence-electron chi connectivity index (χ1n) is 8.06. The summed E-state index contributed by atoms with van der Waals surface area (Å²) in [5.74, 6) is -1.87. The molecule has 0 radical (unpaired) electrons. The number of amides is 1. The molecular formula is C18H15Cl2NO5S. The standard InChI is InChI=1S/C18H15Cl2NO5S/c1-25-17(23)14-9-4-2-7-12(9)27-16(14)21-13(22)8-26-18(24)15-10(19)5-3-6-11(15)20/h3,5-6H,2,4,7-8H2,1H3,(H,21,22). The number of carbonyl (C=O) groups is 3. The largest absolute Gasteiger partial charge is 0.465 e. The van der Waals surface area contributed by atoms with Crippen molar-refractivity contribution in [3.8, 4) is 0 Å². The van der Waals surface area contributed by atoms with Crippen LogP contribution >= 0.6 is 34.5 Å². The number of anilines is 1. The molecule has 0 fully saturated rings. The van der Waals surface area contributed by atoms with Gasteiger partial charge in [0.15, 0.2) is 6.61 Å². The van der Waals surface area contributed by atoms with E-state index in [0.717, 1.165) is 29.7 Å². The normalized spacial score (nSPS) is 12.4. The number of hydrogen-bond donors (Lipinski definition) is 1. The zero-order valence-electron chi connectivity index (χ0n) is 14.3. The van der Waals surface area contributed by atoms with Gasteiger partial charge in [0.25, 0.3) is 5.91 Å². The van der Waals surface area contributed by atoms with Crippen molar-refractivity contribution >= 4 is 57.4 Å². The highest BCUT2D eigenvalue weighted by Gasteiger charge is 2.28. The third-order valence-electron chi connectivity index (χ3n) is 4.07. The van der Waals surface area contributed by atoms with E-state index in [1.165, 1.54) is 30.6 Å². The van der Waals surface area contributed by atoms with Crippen LogP contribution in [0.4, 0.5) is 5.00 Å². The summed E-state index contributed by atoms with van der Waals surface area (Å²) >= 11 is 13.2. The van der Waals surface area contributed by atoms with Gasteiger partial charge >= 0.3 is 11.9 Å². The molecule has 1 N–H and O–H groups in total. The van der Waals surface area contributed by atoms with Crippen molar-refractivity contribution in [1.29, 1.82) is 0 Å². The van der Waals surface area contributed by atoms with Crippen LogP contribution in [0.25, 0.3) is 0 Å². The Morgan fingerprint density at radius 1 is 1.11 bits per heavy atom. The topological polar surface area (TPSA) is 81.7 Å². The number of benzene rings is 1. The van der Waals surface area contributed by atoms with Gasteiger partial charge in [0.1, 0.15) is 5.00 Å². The molecule has 142 valence electrons. The molecule has 0 saturated heterocycles. The number of carbonyl (C=O) groups excluding carboxylic acids is 3. The lowest BCUT2D eigenvalue weighted by Gasteiger charge is -2.09. The monoisotopic (exact) mass is 427 g/mol. The summed E-state index contributed by atoms with van der Waals surface area (Å²) in [6, 6.07) is 4.60. The zero-order valence-corrected chi connectivity index (χ0v) is 16.6. The van der Waals surface area contributed by atoms with E-state index in [2.05, 4.69) is 5.32 Å². The number of hydrogen-bond acceptors (Lipinski definition) is 6. The summed E-state index contributed by atoms with van der Waals surface area (Å²) in [4.78, 5) is 37.5. The molecule has 0 saturated carbocycles. The van der Waals surface area contributed by atoms with Crippen molar-refractivity contribution < 1.29 is 23.9 Å². The van der Waals surface area contributed by atoms with E-state index in [-0.39, 0.29) is 15.6 Å². The van der Waals surface area contributed by atoms with E-state index in [0.29, 0.717) is 10.6 Å². The van der Waals surface area contributed by atoms with Crippen LogP contribution in [-0.4, -0.2) is 31.6 Å². The fourth-order valence-electron chi connectivity index (χ4n) is 2.87. The van der Waals surface area contributed by atoms with Gasteiger partial charge in [-0.25, -0.2) is 9.59 Å². The quantitative estimate of drug-likeness (QED) is 0.725. The van der Waals surface area contributed by atoms with E-state index in [4.69, 9.17) is 32.7 Å². The van der Waals surface area contributed by atoms with E-state index in [1.54, 1.807) is 6.07 Å². The van der Waals surface area contributed by atoms with Crippen molar-refractivity contribution in [3.63, 3.8) is 0 Å². The number of methoxy groups -OCH3 is 1. The molecule has 0 aliphatic heterocycles. The van der Waals surface area contributed by atoms with Crippen LogP contribution in [0, 0.1) is 0 Å². The Hall–Kier alpha value is -2.09. The molecule has 1 aromatic heterocycles. The Kier molecular flexibility index (Phi) is 6.04. The first-order chi connectivity index (χ1) is 12.9. The average molecular weight is 428 g/mol. The van der Waals surface area contributed by atoms with Gasteiger partial charge in [0, 0.05) is 4.88 Å². The molecule has 27 heavy (non-hydrogen) atoms. The van der Waals surface area contributed by atoms with Crippen LogP contribution in [0.1, 0.15) is 37.6 Å². The highest BCUT2D eigenvalue weighted by Crippen LogP contribution is 2.39. The molecule has 2 aromatic rings. The number of halogens is 2. The van der Waals surface area contributed by atoms with Gasteiger partial charge in [-0.3, -0.25) is 4.79 Å². The van der Waals surface area contributed by atoms with E-state index in [9.17, 15) is 14.4 Å². The lowest BCUT2D eigenvalue weighted by atomic mass is 10.1. The van der Waals surface area contributed by atoms with Gasteiger partial charge in [-0.1, -0.05) is 29.3 Å². The van der Waals surface area contributed by atoms with Crippen LogP contribution in [0.3, 0.4) is 0 Å². The molecule has 3 rings (SSSR count). The maximum Gasteiger partial charge on any atom is 0.341 e. The van der Waals surface area contributed by atoms with Gasteiger partial charge < -0.3 is 14.8 Å². The van der Waals surface area contributed by atoms with Gasteiger partial charge in [-0.2, -0.15) is 0 Å². The van der Waals surface area contributed by atoms with Gasteiger partial charge in [-0.05, 0) is 37.0 Å². The van der Waals surface area contributed by atoms with Crippen LogP contribution in [-0.2, 0) is 27.1 Å². The minimum atomic E-state index is -0.803. The molecule has 0 unspecified atom stereocenters. The highest BCUT2D eigenvalue weighted by molar-refractivity contribution is 7.17. The Balaban J connectivity index is 1.68. The number of rotatable bonds is 5. The minimum absolute atomic E-state index is 0.000941. The van der Waals surface area contributed by atoms with Crippen molar-refractivity contribution in [3.05, 3.63) is 49.8 Å². The summed E-state index contributed by atoms with van der Waals surface area (Å²) < 4.78 is 9.82. The lowest BCUT2D eigenvalue weighted by molar-refractivity contribution is -0.119. The second-order valence-electron chi connectivity index (χ2n) is 5.77. The fourth-order valence-corrected chi connectivity index (χ4v) is 4.71. The Morgan fingerprint density at radius 2 is 1.81 bits per heavy atom. The maximum absolute atomic E-state index is 12.2. The van der Waals surface area contributed by atoms with Gasteiger partial charge in [0.05, 0.1) is 28.3 Å². The molecule has 0 spiro atoms. The predicted molar refractivity (Wildman–Crippen MR) is 103 cm³/mol. The number of aryl methyl sites for hydroxylation is 1. The first-order valence-corrected chi connectivity index (χ1v) is 9.63. The molecule has 9 heteroatoms. The maximum atomic E-state index is 12.2. The lowest BCUT2D eigenvalue weighted by Crippen LogP contribution is -2.22. The highest BCUT2D eigenvalue weighted by atomic mass is 35.5. The molecule has 1 heterocycles. The third-order valence-corrected chi connectivity index (χ3v) is 5.90. The minimum Gasteiger partial charge on any atom is -0.465 e. The number of esters is 2. The summed E-state index contributed by atoms with van der Waals surface area (Å²) in [6.45, 7) is -0.538. The molecule has 0 atom stereocenters. The average Bonchev–Trinajstić information content (AvgIpc) is 3.20. The molecule has 1 aliphatic carbocycles. The van der Waals surface area contributed by atoms with E-state index < -0.39 is 24.5 Å². The van der Waals surface area contributed by atoms with Crippen molar-refractivity contribution in [2.24, 2.45) is 0 Å². The second-order valence-corrected chi connectivity index (χ2v) is 7.69. The first kappa shape index (κ1) is 19.7. The van der Waals surface area contributed by atoms with Crippen LogP contribution in [0.2, 0.25) is 10.0 Å². The number of nitrogens with one attached hydrogen (secondary N) is 1. The van der Waals surface area contributed by atoms with E-state index >= 15 is 0 Å². The number of ether oxygens (including phenoxy) is 2. The molecular weight excluding hydrogens is 413 g/mol. The van der Waals surface area contributed by atoms with Gasteiger partial charge in [-0.15, -0.1) is 11.3 Å². The Bertz CT molecular complexity index is 904. The van der Waals surface area contributed by atoms with Crippen LogP contribution in [0.5, 0.6) is 0 Å². The molecule has 6 nitrogen and oxygen atoms in total. The van der Waals surface area contributed by atoms with Crippen molar-refractivity contribution in [1.82, 2.24) is 0 Å². The number of thiophene rings is 1. The zero-order chi connectivity index (χ0) is 19.6. The van der Waals surface area contributed by atoms with Crippen molar-refractivity contribution in [2.45, 2.75) is 19.3 Å². The SMILES string of the molecule is COC(=O)c1c(NC(=O)COC(=O)c2c(Cl)cccc2Cl)sc2c1CCC2. The molecule has 1 aliphatic rings. The molecule has 0 bridgehead atoms. The summed E-state index contributed by atoms with van der Waals surface area (Å²) in [6.07, 6.45) is 2.60.